The van der Waals surface area contributed by atoms with Crippen LogP contribution in [0.3, 0.4) is 0 Å². The fourth-order valence-corrected chi connectivity index (χ4v) is 1.64. The minimum Gasteiger partial charge on any atom is -0.359 e. The summed E-state index contributed by atoms with van der Waals surface area (Å²) in [4.78, 5) is 24.5. The Morgan fingerprint density at radius 2 is 1.94 bits per heavy atom. The maximum absolute atomic E-state index is 11.5. The Labute approximate surface area is 96.5 Å². The summed E-state index contributed by atoms with van der Waals surface area (Å²) in [6, 6.07) is -0.311. The zero-order valence-corrected chi connectivity index (χ0v) is 10.4. The van der Waals surface area contributed by atoms with E-state index in [0.717, 1.165) is 0 Å². The quantitative estimate of drug-likeness (QED) is 0.312. The number of hydrogen-bond acceptors (Lipinski definition) is 4. The van der Waals surface area contributed by atoms with Crippen molar-refractivity contribution < 1.29 is 9.59 Å². The minimum absolute atomic E-state index is 0.0393. The highest BCUT2D eigenvalue weighted by molar-refractivity contribution is 5.81. The molecule has 6 nitrogen and oxygen atoms in total. The van der Waals surface area contributed by atoms with Crippen LogP contribution in [0.2, 0.25) is 0 Å². The lowest BCUT2D eigenvalue weighted by atomic mass is 10.0. The van der Waals surface area contributed by atoms with Crippen molar-refractivity contribution in [3.8, 4) is 0 Å². The fourth-order valence-electron chi connectivity index (χ4n) is 1.64. The van der Waals surface area contributed by atoms with Gasteiger partial charge in [0.1, 0.15) is 0 Å². The third-order valence-corrected chi connectivity index (χ3v) is 2.49. The van der Waals surface area contributed by atoms with Gasteiger partial charge in [-0.1, -0.05) is 13.8 Å². The summed E-state index contributed by atoms with van der Waals surface area (Å²) >= 11 is 0. The lowest BCUT2D eigenvalue weighted by Gasteiger charge is -2.29. The van der Waals surface area contributed by atoms with Crippen molar-refractivity contribution in [3.63, 3.8) is 0 Å². The SMILES string of the molecule is CNC(=O)CCN(C)C(C(=O)NN)C(C)C. The summed E-state index contributed by atoms with van der Waals surface area (Å²) in [7, 11) is 3.40. The molecule has 1 atom stereocenters. The summed E-state index contributed by atoms with van der Waals surface area (Å²) in [6.45, 7) is 4.41. The number of nitrogens with one attached hydrogen (secondary N) is 2. The summed E-state index contributed by atoms with van der Waals surface area (Å²) in [6.07, 6.45) is 0.369. The lowest BCUT2D eigenvalue weighted by Crippen LogP contribution is -2.50. The number of rotatable bonds is 6. The Bertz CT molecular complexity index is 243. The number of likely N-dealkylation sites (N-methyl/N-ethyl adjacent to an activating group) is 1. The van der Waals surface area contributed by atoms with E-state index < -0.39 is 0 Å². The molecule has 0 fully saturated rings. The molecule has 0 radical (unpaired) electrons. The van der Waals surface area contributed by atoms with Crippen molar-refractivity contribution in [1.82, 2.24) is 15.6 Å². The van der Waals surface area contributed by atoms with Crippen LogP contribution in [0.25, 0.3) is 0 Å². The van der Waals surface area contributed by atoms with Crippen LogP contribution in [-0.2, 0) is 9.59 Å². The van der Waals surface area contributed by atoms with Gasteiger partial charge in [-0.15, -0.1) is 0 Å². The van der Waals surface area contributed by atoms with Crippen molar-refractivity contribution in [3.05, 3.63) is 0 Å². The molecule has 2 amide bonds. The first-order chi connectivity index (χ1) is 7.43. The number of carbonyl (C=O) groups is 2. The molecule has 4 N–H and O–H groups in total. The smallest absolute Gasteiger partial charge is 0.251 e. The lowest BCUT2D eigenvalue weighted by molar-refractivity contribution is -0.128. The largest absolute Gasteiger partial charge is 0.359 e. The minimum atomic E-state index is -0.311. The molecule has 0 spiro atoms. The van der Waals surface area contributed by atoms with E-state index in [1.54, 1.807) is 7.05 Å². The normalized spacial score (nSPS) is 12.7. The van der Waals surface area contributed by atoms with E-state index in [2.05, 4.69) is 10.7 Å². The number of hydrazine groups is 1. The maximum Gasteiger partial charge on any atom is 0.251 e. The molecule has 0 saturated carbocycles. The average molecular weight is 230 g/mol. The number of nitrogens with zero attached hydrogens (tertiary/aromatic N) is 1. The van der Waals surface area contributed by atoms with Crippen molar-refractivity contribution >= 4 is 11.8 Å². The number of nitrogens with two attached hydrogens (primary N) is 1. The van der Waals surface area contributed by atoms with Gasteiger partial charge in [0, 0.05) is 20.0 Å². The summed E-state index contributed by atoms with van der Waals surface area (Å²) in [5, 5.41) is 2.54. The van der Waals surface area contributed by atoms with Crippen LogP contribution in [0.15, 0.2) is 0 Å². The van der Waals surface area contributed by atoms with Crippen LogP contribution in [-0.4, -0.2) is 43.4 Å². The van der Waals surface area contributed by atoms with Gasteiger partial charge in [0.05, 0.1) is 6.04 Å². The second-order valence-electron chi connectivity index (χ2n) is 4.10. The third-order valence-electron chi connectivity index (χ3n) is 2.49. The zero-order chi connectivity index (χ0) is 12.7. The molecular formula is C10H22N4O2. The van der Waals surface area contributed by atoms with Crippen LogP contribution >= 0.6 is 0 Å². The van der Waals surface area contributed by atoms with Gasteiger partial charge < -0.3 is 5.32 Å². The molecule has 0 bridgehead atoms. The third kappa shape index (κ3) is 4.59. The van der Waals surface area contributed by atoms with E-state index in [4.69, 9.17) is 5.84 Å². The maximum atomic E-state index is 11.5. The molecule has 0 aliphatic rings. The molecule has 0 aliphatic carbocycles. The highest BCUT2D eigenvalue weighted by atomic mass is 16.2. The van der Waals surface area contributed by atoms with E-state index in [0.29, 0.717) is 13.0 Å². The van der Waals surface area contributed by atoms with E-state index in [9.17, 15) is 9.59 Å². The van der Waals surface area contributed by atoms with E-state index in [1.807, 2.05) is 25.8 Å². The van der Waals surface area contributed by atoms with Crippen LogP contribution in [0.1, 0.15) is 20.3 Å². The van der Waals surface area contributed by atoms with E-state index in [-0.39, 0.29) is 23.8 Å². The second-order valence-corrected chi connectivity index (χ2v) is 4.10. The molecule has 0 heterocycles. The average Bonchev–Trinajstić information content (AvgIpc) is 2.25. The Hall–Kier alpha value is -1.14. The highest BCUT2D eigenvalue weighted by Crippen LogP contribution is 2.09. The molecule has 94 valence electrons. The first-order valence-electron chi connectivity index (χ1n) is 5.35. The molecule has 0 rings (SSSR count). The van der Waals surface area contributed by atoms with Crippen LogP contribution in [0.4, 0.5) is 0 Å². The Kier molecular flexibility index (Phi) is 6.67. The number of carbonyl (C=O) groups excluding carboxylic acids is 2. The topological polar surface area (TPSA) is 87.5 Å². The fraction of sp³-hybridized carbons (Fsp3) is 0.800. The van der Waals surface area contributed by atoms with Crippen LogP contribution in [0, 0.1) is 5.92 Å². The van der Waals surface area contributed by atoms with Crippen molar-refractivity contribution in [2.45, 2.75) is 26.3 Å². The Morgan fingerprint density at radius 3 is 2.31 bits per heavy atom. The van der Waals surface area contributed by atoms with Crippen LogP contribution < -0.4 is 16.6 Å². The second kappa shape index (κ2) is 7.19. The van der Waals surface area contributed by atoms with Gasteiger partial charge in [0.25, 0.3) is 5.91 Å². The van der Waals surface area contributed by atoms with Crippen molar-refractivity contribution in [2.75, 3.05) is 20.6 Å². The Balaban J connectivity index is 4.33. The molecule has 0 saturated heterocycles. The number of amides is 2. The first-order valence-corrected chi connectivity index (χ1v) is 5.35. The molecule has 1 unspecified atom stereocenters. The predicted molar refractivity (Wildman–Crippen MR) is 62.3 cm³/mol. The number of hydrogen-bond donors (Lipinski definition) is 3. The molecular weight excluding hydrogens is 208 g/mol. The zero-order valence-electron chi connectivity index (χ0n) is 10.4. The molecule has 0 aromatic rings. The van der Waals surface area contributed by atoms with Crippen LogP contribution in [0.5, 0.6) is 0 Å². The molecule has 16 heavy (non-hydrogen) atoms. The van der Waals surface area contributed by atoms with Gasteiger partial charge in [-0.3, -0.25) is 19.9 Å². The van der Waals surface area contributed by atoms with Gasteiger partial charge in [-0.25, -0.2) is 5.84 Å². The monoisotopic (exact) mass is 230 g/mol. The summed E-state index contributed by atoms with van der Waals surface area (Å²) < 4.78 is 0. The van der Waals surface area contributed by atoms with Gasteiger partial charge in [-0.05, 0) is 13.0 Å². The highest BCUT2D eigenvalue weighted by Gasteiger charge is 2.25. The van der Waals surface area contributed by atoms with E-state index >= 15 is 0 Å². The van der Waals surface area contributed by atoms with Crippen molar-refractivity contribution in [1.29, 1.82) is 0 Å². The van der Waals surface area contributed by atoms with Gasteiger partial charge in [0.15, 0.2) is 0 Å². The first kappa shape index (κ1) is 14.9. The van der Waals surface area contributed by atoms with Gasteiger partial charge in [-0.2, -0.15) is 0 Å². The summed E-state index contributed by atoms with van der Waals surface area (Å²) in [5.41, 5.74) is 2.15. The van der Waals surface area contributed by atoms with Gasteiger partial charge in [0.2, 0.25) is 5.91 Å². The molecule has 0 aliphatic heterocycles. The molecule has 0 aromatic carbocycles. The molecule has 6 heteroatoms. The van der Waals surface area contributed by atoms with E-state index in [1.165, 1.54) is 0 Å². The predicted octanol–water partition coefficient (Wildman–Crippen LogP) is -0.931. The summed E-state index contributed by atoms with van der Waals surface area (Å²) in [5.74, 6) is 5.00. The molecule has 0 aromatic heterocycles. The van der Waals surface area contributed by atoms with Gasteiger partial charge >= 0.3 is 0 Å². The Morgan fingerprint density at radius 1 is 1.38 bits per heavy atom. The van der Waals surface area contributed by atoms with Crippen molar-refractivity contribution in [2.24, 2.45) is 11.8 Å². The standard InChI is InChI=1S/C10H22N4O2/c1-7(2)9(10(16)13-11)14(4)6-5-8(15)12-3/h7,9H,5-6,11H2,1-4H3,(H,12,15)(H,13,16).